The molecule has 1 aromatic rings. The lowest BCUT2D eigenvalue weighted by Crippen LogP contribution is -2.39. The van der Waals surface area contributed by atoms with Crippen molar-refractivity contribution in [2.24, 2.45) is 7.05 Å². The lowest BCUT2D eigenvalue weighted by Gasteiger charge is -2.25. The molecule has 0 aromatic carbocycles. The van der Waals surface area contributed by atoms with Crippen molar-refractivity contribution in [1.29, 1.82) is 0 Å². The van der Waals surface area contributed by atoms with Gasteiger partial charge in [0.05, 0.1) is 23.7 Å². The van der Waals surface area contributed by atoms with E-state index in [1.54, 1.807) is 28.9 Å². The van der Waals surface area contributed by atoms with Gasteiger partial charge in [-0.05, 0) is 12.5 Å². The largest absolute Gasteiger partial charge is 0.480 e. The third-order valence-electron chi connectivity index (χ3n) is 3.20. The zero-order valence-electron chi connectivity index (χ0n) is 10.7. The SMILES string of the molecule is Cn1ccc(CN(CC(=O)O)C2CCS(=O)(=O)C2)n1. The van der Waals surface area contributed by atoms with Gasteiger partial charge in [-0.25, -0.2) is 8.42 Å². The van der Waals surface area contributed by atoms with Crippen LogP contribution in [-0.4, -0.2) is 58.3 Å². The lowest BCUT2D eigenvalue weighted by atomic mass is 10.2. The van der Waals surface area contributed by atoms with E-state index in [4.69, 9.17) is 5.11 Å². The van der Waals surface area contributed by atoms with Crippen LogP contribution in [0.3, 0.4) is 0 Å². The maximum atomic E-state index is 11.5. The summed E-state index contributed by atoms with van der Waals surface area (Å²) in [7, 11) is -1.24. The third kappa shape index (κ3) is 3.77. The van der Waals surface area contributed by atoms with E-state index in [2.05, 4.69) is 5.10 Å². The van der Waals surface area contributed by atoms with Crippen molar-refractivity contribution >= 4 is 15.8 Å². The monoisotopic (exact) mass is 287 g/mol. The molecule has 106 valence electrons. The molecular weight excluding hydrogens is 270 g/mol. The first-order chi connectivity index (χ1) is 8.85. The molecule has 1 fully saturated rings. The quantitative estimate of drug-likeness (QED) is 0.784. The first-order valence-electron chi connectivity index (χ1n) is 6.00. The van der Waals surface area contributed by atoms with Crippen molar-refractivity contribution < 1.29 is 18.3 Å². The number of aryl methyl sites for hydroxylation is 1. The minimum atomic E-state index is -3.02. The molecular formula is C11H17N3O4S. The van der Waals surface area contributed by atoms with Crippen LogP contribution in [0.15, 0.2) is 12.3 Å². The molecule has 0 aliphatic carbocycles. The highest BCUT2D eigenvalue weighted by Gasteiger charge is 2.33. The molecule has 2 heterocycles. The number of aromatic nitrogens is 2. The number of aliphatic carboxylic acids is 1. The number of carbonyl (C=O) groups is 1. The number of carboxylic acids is 1. The van der Waals surface area contributed by atoms with Crippen LogP contribution in [0.25, 0.3) is 0 Å². The number of rotatable bonds is 5. The molecule has 0 radical (unpaired) electrons. The summed E-state index contributed by atoms with van der Waals surface area (Å²) in [5.41, 5.74) is 0.744. The molecule has 7 nitrogen and oxygen atoms in total. The van der Waals surface area contributed by atoms with Gasteiger partial charge in [-0.3, -0.25) is 14.4 Å². The molecule has 0 amide bonds. The summed E-state index contributed by atoms with van der Waals surface area (Å²) in [4.78, 5) is 12.6. The van der Waals surface area contributed by atoms with Crippen molar-refractivity contribution in [1.82, 2.24) is 14.7 Å². The Hall–Kier alpha value is -1.41. The van der Waals surface area contributed by atoms with Crippen LogP contribution in [0.2, 0.25) is 0 Å². The predicted molar refractivity (Wildman–Crippen MR) is 68.3 cm³/mol. The average molecular weight is 287 g/mol. The van der Waals surface area contributed by atoms with Crippen molar-refractivity contribution in [3.8, 4) is 0 Å². The van der Waals surface area contributed by atoms with Gasteiger partial charge in [0.1, 0.15) is 0 Å². The molecule has 1 aliphatic heterocycles. The van der Waals surface area contributed by atoms with Gasteiger partial charge >= 0.3 is 5.97 Å². The highest BCUT2D eigenvalue weighted by Crippen LogP contribution is 2.19. The topological polar surface area (TPSA) is 92.5 Å². The Morgan fingerprint density at radius 2 is 2.37 bits per heavy atom. The minimum Gasteiger partial charge on any atom is -0.480 e. The number of carboxylic acid groups (broad SMARTS) is 1. The number of nitrogens with zero attached hydrogens (tertiary/aromatic N) is 3. The van der Waals surface area contributed by atoms with Crippen molar-refractivity contribution in [3.63, 3.8) is 0 Å². The summed E-state index contributed by atoms with van der Waals surface area (Å²) < 4.78 is 24.6. The first-order valence-corrected chi connectivity index (χ1v) is 7.83. The molecule has 0 saturated carbocycles. The van der Waals surface area contributed by atoms with Crippen LogP contribution in [0.4, 0.5) is 0 Å². The first kappa shape index (κ1) is 14.0. The average Bonchev–Trinajstić information content (AvgIpc) is 2.83. The highest BCUT2D eigenvalue weighted by atomic mass is 32.2. The lowest BCUT2D eigenvalue weighted by molar-refractivity contribution is -0.139. The van der Waals surface area contributed by atoms with E-state index < -0.39 is 15.8 Å². The molecule has 1 aliphatic rings. The van der Waals surface area contributed by atoms with Gasteiger partial charge in [0.25, 0.3) is 0 Å². The van der Waals surface area contributed by atoms with E-state index in [-0.39, 0.29) is 24.1 Å². The summed E-state index contributed by atoms with van der Waals surface area (Å²) in [6, 6.07) is 1.57. The Morgan fingerprint density at radius 1 is 1.63 bits per heavy atom. The molecule has 0 spiro atoms. The molecule has 2 rings (SSSR count). The number of hydrogen-bond donors (Lipinski definition) is 1. The molecule has 1 atom stereocenters. The van der Waals surface area contributed by atoms with Gasteiger partial charge in [0.15, 0.2) is 9.84 Å². The van der Waals surface area contributed by atoms with Gasteiger partial charge in [0.2, 0.25) is 0 Å². The summed E-state index contributed by atoms with van der Waals surface area (Å²) >= 11 is 0. The molecule has 19 heavy (non-hydrogen) atoms. The molecule has 0 bridgehead atoms. The third-order valence-corrected chi connectivity index (χ3v) is 4.95. The number of sulfone groups is 1. The van der Waals surface area contributed by atoms with Crippen molar-refractivity contribution in [2.75, 3.05) is 18.1 Å². The van der Waals surface area contributed by atoms with Gasteiger partial charge in [-0.1, -0.05) is 0 Å². The maximum Gasteiger partial charge on any atom is 0.317 e. The van der Waals surface area contributed by atoms with E-state index >= 15 is 0 Å². The van der Waals surface area contributed by atoms with Crippen molar-refractivity contribution in [3.05, 3.63) is 18.0 Å². The molecule has 1 unspecified atom stereocenters. The van der Waals surface area contributed by atoms with Gasteiger partial charge in [-0.2, -0.15) is 5.10 Å². The Kier molecular flexibility index (Phi) is 3.91. The summed E-state index contributed by atoms with van der Waals surface area (Å²) in [6.07, 6.45) is 2.27. The summed E-state index contributed by atoms with van der Waals surface area (Å²) in [6.45, 7) is 0.185. The summed E-state index contributed by atoms with van der Waals surface area (Å²) in [5, 5.41) is 13.1. The fraction of sp³-hybridized carbons (Fsp3) is 0.636. The smallest absolute Gasteiger partial charge is 0.317 e. The molecule has 1 aromatic heterocycles. The van der Waals surface area contributed by atoms with E-state index in [1.807, 2.05) is 0 Å². The molecule has 1 N–H and O–H groups in total. The fourth-order valence-electron chi connectivity index (χ4n) is 2.31. The standard InChI is InChI=1S/C11H17N3O4S/c1-13-4-2-9(12-13)6-14(7-11(15)16)10-3-5-19(17,18)8-10/h2,4,10H,3,5-8H2,1H3,(H,15,16). The van der Waals surface area contributed by atoms with Crippen molar-refractivity contribution in [2.45, 2.75) is 19.0 Å². The Balaban J connectivity index is 2.10. The molecule has 1 saturated heterocycles. The Bertz CT molecular complexity index is 566. The van der Waals surface area contributed by atoms with Crippen LogP contribution in [-0.2, 0) is 28.2 Å². The Morgan fingerprint density at radius 3 is 2.84 bits per heavy atom. The van der Waals surface area contributed by atoms with Crippen LogP contribution in [0.1, 0.15) is 12.1 Å². The van der Waals surface area contributed by atoms with Crippen LogP contribution >= 0.6 is 0 Å². The Labute approximate surface area is 111 Å². The van der Waals surface area contributed by atoms with Gasteiger partial charge in [0, 0.05) is 25.8 Å². The summed E-state index contributed by atoms with van der Waals surface area (Å²) in [5.74, 6) is -0.788. The normalized spacial score (nSPS) is 21.9. The zero-order valence-corrected chi connectivity index (χ0v) is 11.5. The van der Waals surface area contributed by atoms with E-state index in [0.29, 0.717) is 13.0 Å². The van der Waals surface area contributed by atoms with Gasteiger partial charge < -0.3 is 5.11 Å². The second-order valence-electron chi connectivity index (χ2n) is 4.84. The number of hydrogen-bond acceptors (Lipinski definition) is 5. The van der Waals surface area contributed by atoms with E-state index in [1.165, 1.54) is 0 Å². The molecule has 8 heteroatoms. The maximum absolute atomic E-state index is 11.5. The second kappa shape index (κ2) is 5.30. The van der Waals surface area contributed by atoms with Crippen LogP contribution in [0, 0.1) is 0 Å². The van der Waals surface area contributed by atoms with Crippen LogP contribution in [0.5, 0.6) is 0 Å². The zero-order chi connectivity index (χ0) is 14.0. The van der Waals surface area contributed by atoms with E-state index in [9.17, 15) is 13.2 Å². The second-order valence-corrected chi connectivity index (χ2v) is 7.07. The van der Waals surface area contributed by atoms with Crippen LogP contribution < -0.4 is 0 Å². The van der Waals surface area contributed by atoms with Gasteiger partial charge in [-0.15, -0.1) is 0 Å². The predicted octanol–water partition coefficient (Wildman–Crippen LogP) is -0.506. The van der Waals surface area contributed by atoms with E-state index in [0.717, 1.165) is 5.69 Å². The fourth-order valence-corrected chi connectivity index (χ4v) is 4.07. The minimum absolute atomic E-state index is 0.0348. The highest BCUT2D eigenvalue weighted by molar-refractivity contribution is 7.91.